The first kappa shape index (κ1) is 14.9. The van der Waals surface area contributed by atoms with E-state index in [2.05, 4.69) is 5.32 Å². The number of hydrogen-bond acceptors (Lipinski definition) is 3. The molecular formula is C17H20N2O2. The minimum atomic E-state index is -0.111. The van der Waals surface area contributed by atoms with Crippen LogP contribution in [0.5, 0.6) is 5.75 Å². The lowest BCUT2D eigenvalue weighted by Crippen LogP contribution is -2.32. The summed E-state index contributed by atoms with van der Waals surface area (Å²) in [6, 6.07) is 14.1. The maximum absolute atomic E-state index is 12.1. The van der Waals surface area contributed by atoms with Gasteiger partial charge in [-0.25, -0.2) is 0 Å². The summed E-state index contributed by atoms with van der Waals surface area (Å²) in [5, 5.41) is 12.2. The fourth-order valence-electron chi connectivity index (χ4n) is 2.10. The number of rotatable bonds is 5. The molecule has 21 heavy (non-hydrogen) atoms. The average molecular weight is 284 g/mol. The zero-order valence-corrected chi connectivity index (χ0v) is 12.0. The predicted octanol–water partition coefficient (Wildman–Crippen LogP) is 2.73. The molecule has 0 radical (unpaired) electrons. The van der Waals surface area contributed by atoms with E-state index < -0.39 is 0 Å². The molecule has 2 aromatic carbocycles. The van der Waals surface area contributed by atoms with E-state index in [-0.39, 0.29) is 17.7 Å². The summed E-state index contributed by atoms with van der Waals surface area (Å²) in [5.41, 5.74) is 7.97. The van der Waals surface area contributed by atoms with E-state index in [0.717, 1.165) is 18.4 Å². The highest BCUT2D eigenvalue weighted by atomic mass is 16.3. The lowest BCUT2D eigenvalue weighted by atomic mass is 10.1. The van der Waals surface area contributed by atoms with Crippen LogP contribution in [-0.2, 0) is 6.42 Å². The molecular weight excluding hydrogens is 264 g/mol. The quantitative estimate of drug-likeness (QED) is 0.739. The molecule has 0 aromatic heterocycles. The van der Waals surface area contributed by atoms with Crippen LogP contribution in [0.2, 0.25) is 0 Å². The van der Waals surface area contributed by atoms with Crippen molar-refractivity contribution in [3.63, 3.8) is 0 Å². The lowest BCUT2D eigenvalue weighted by Gasteiger charge is -2.14. The number of phenols is 1. The van der Waals surface area contributed by atoms with Gasteiger partial charge in [0.2, 0.25) is 0 Å². The summed E-state index contributed by atoms with van der Waals surface area (Å²) in [4.78, 5) is 12.1. The number of carbonyl (C=O) groups is 1. The number of amides is 1. The Morgan fingerprint density at radius 3 is 2.62 bits per heavy atom. The van der Waals surface area contributed by atoms with Crippen LogP contribution in [0, 0.1) is 0 Å². The maximum atomic E-state index is 12.1. The first-order chi connectivity index (χ1) is 10.0. The van der Waals surface area contributed by atoms with Crippen LogP contribution >= 0.6 is 0 Å². The highest BCUT2D eigenvalue weighted by molar-refractivity contribution is 5.95. The van der Waals surface area contributed by atoms with Gasteiger partial charge >= 0.3 is 0 Å². The van der Waals surface area contributed by atoms with Gasteiger partial charge in [-0.1, -0.05) is 18.2 Å². The minimum Gasteiger partial charge on any atom is -0.508 e. The van der Waals surface area contributed by atoms with Crippen molar-refractivity contribution in [3.05, 3.63) is 59.7 Å². The number of phenolic OH excluding ortho intramolecular Hbond substituents is 1. The van der Waals surface area contributed by atoms with Gasteiger partial charge in [0.25, 0.3) is 5.91 Å². The van der Waals surface area contributed by atoms with E-state index in [9.17, 15) is 9.90 Å². The molecule has 1 amide bonds. The monoisotopic (exact) mass is 284 g/mol. The summed E-state index contributed by atoms with van der Waals surface area (Å²) in [6.45, 7) is 1.98. The number of nitrogens with one attached hydrogen (secondary N) is 1. The molecule has 0 aliphatic rings. The fraction of sp³-hybridized carbons (Fsp3) is 0.235. The third-order valence-corrected chi connectivity index (χ3v) is 3.33. The molecule has 4 nitrogen and oxygen atoms in total. The van der Waals surface area contributed by atoms with Crippen molar-refractivity contribution in [2.24, 2.45) is 0 Å². The standard InChI is InChI=1S/C17H20N2O2/c1-12(5-6-13-7-9-16(20)10-8-13)19-17(21)14-3-2-4-15(18)11-14/h2-4,7-12,20H,5-6,18H2,1H3,(H,19,21). The average Bonchev–Trinajstić information content (AvgIpc) is 2.46. The van der Waals surface area contributed by atoms with E-state index in [0.29, 0.717) is 11.3 Å². The molecule has 0 aliphatic carbocycles. The van der Waals surface area contributed by atoms with Crippen LogP contribution in [0.25, 0.3) is 0 Å². The highest BCUT2D eigenvalue weighted by Gasteiger charge is 2.10. The van der Waals surface area contributed by atoms with Crippen molar-refractivity contribution in [3.8, 4) is 5.75 Å². The van der Waals surface area contributed by atoms with Gasteiger partial charge in [-0.3, -0.25) is 4.79 Å². The van der Waals surface area contributed by atoms with Gasteiger partial charge in [-0.2, -0.15) is 0 Å². The third kappa shape index (κ3) is 4.53. The molecule has 0 spiro atoms. The maximum Gasteiger partial charge on any atom is 0.251 e. The Morgan fingerprint density at radius 2 is 1.95 bits per heavy atom. The molecule has 4 N–H and O–H groups in total. The molecule has 0 aliphatic heterocycles. The van der Waals surface area contributed by atoms with Gasteiger partial charge in [0.1, 0.15) is 5.75 Å². The molecule has 2 aromatic rings. The molecule has 0 saturated heterocycles. The molecule has 0 heterocycles. The first-order valence-corrected chi connectivity index (χ1v) is 6.99. The predicted molar refractivity (Wildman–Crippen MR) is 84.2 cm³/mol. The Labute approximate surface area is 124 Å². The van der Waals surface area contributed by atoms with E-state index in [1.54, 1.807) is 36.4 Å². The molecule has 0 saturated carbocycles. The van der Waals surface area contributed by atoms with Gasteiger partial charge in [-0.15, -0.1) is 0 Å². The number of nitrogens with two attached hydrogens (primary N) is 1. The highest BCUT2D eigenvalue weighted by Crippen LogP contribution is 2.12. The molecule has 0 bridgehead atoms. The Bertz CT molecular complexity index is 608. The third-order valence-electron chi connectivity index (χ3n) is 3.33. The second-order valence-corrected chi connectivity index (χ2v) is 5.21. The van der Waals surface area contributed by atoms with Crippen molar-refractivity contribution in [1.29, 1.82) is 0 Å². The van der Waals surface area contributed by atoms with Crippen molar-refractivity contribution in [2.45, 2.75) is 25.8 Å². The normalized spacial score (nSPS) is 11.9. The summed E-state index contributed by atoms with van der Waals surface area (Å²) < 4.78 is 0. The minimum absolute atomic E-state index is 0.0627. The number of benzene rings is 2. The van der Waals surface area contributed by atoms with E-state index in [1.165, 1.54) is 0 Å². The summed E-state index contributed by atoms with van der Waals surface area (Å²) in [7, 11) is 0. The van der Waals surface area contributed by atoms with Crippen LogP contribution in [0.15, 0.2) is 48.5 Å². The van der Waals surface area contributed by atoms with Crippen molar-refractivity contribution in [2.75, 3.05) is 5.73 Å². The summed E-state index contributed by atoms with van der Waals surface area (Å²) >= 11 is 0. The Kier molecular flexibility index (Phi) is 4.82. The van der Waals surface area contributed by atoms with Gasteiger partial charge in [0.05, 0.1) is 0 Å². The topological polar surface area (TPSA) is 75.3 Å². The van der Waals surface area contributed by atoms with Gasteiger partial charge < -0.3 is 16.2 Å². The lowest BCUT2D eigenvalue weighted by molar-refractivity contribution is 0.0938. The summed E-state index contributed by atoms with van der Waals surface area (Å²) in [5.74, 6) is 0.155. The van der Waals surface area contributed by atoms with Crippen LogP contribution in [0.3, 0.4) is 0 Å². The van der Waals surface area contributed by atoms with Crippen LogP contribution in [-0.4, -0.2) is 17.1 Å². The van der Waals surface area contributed by atoms with Crippen LogP contribution < -0.4 is 11.1 Å². The number of anilines is 1. The van der Waals surface area contributed by atoms with Crippen molar-refractivity contribution < 1.29 is 9.90 Å². The molecule has 110 valence electrons. The molecule has 0 fully saturated rings. The largest absolute Gasteiger partial charge is 0.508 e. The van der Waals surface area contributed by atoms with E-state index >= 15 is 0 Å². The SMILES string of the molecule is CC(CCc1ccc(O)cc1)NC(=O)c1cccc(N)c1. The molecule has 1 unspecified atom stereocenters. The second-order valence-electron chi connectivity index (χ2n) is 5.21. The molecule has 1 atom stereocenters. The molecule has 4 heteroatoms. The van der Waals surface area contributed by atoms with Crippen molar-refractivity contribution in [1.82, 2.24) is 5.32 Å². The first-order valence-electron chi connectivity index (χ1n) is 6.99. The molecule has 2 rings (SSSR count). The Morgan fingerprint density at radius 1 is 1.24 bits per heavy atom. The van der Waals surface area contributed by atoms with E-state index in [4.69, 9.17) is 5.73 Å². The summed E-state index contributed by atoms with van der Waals surface area (Å²) in [6.07, 6.45) is 1.68. The number of aryl methyl sites for hydroxylation is 1. The fourth-order valence-corrected chi connectivity index (χ4v) is 2.10. The van der Waals surface area contributed by atoms with Gasteiger partial charge in [-0.05, 0) is 55.7 Å². The Hall–Kier alpha value is -2.49. The van der Waals surface area contributed by atoms with E-state index in [1.807, 2.05) is 19.1 Å². The number of aromatic hydroxyl groups is 1. The second kappa shape index (κ2) is 6.79. The van der Waals surface area contributed by atoms with Crippen LogP contribution in [0.4, 0.5) is 5.69 Å². The van der Waals surface area contributed by atoms with Gasteiger partial charge in [0, 0.05) is 17.3 Å². The number of carbonyl (C=O) groups excluding carboxylic acids is 1. The Balaban J connectivity index is 1.85. The number of nitrogen functional groups attached to an aromatic ring is 1. The van der Waals surface area contributed by atoms with Crippen molar-refractivity contribution >= 4 is 11.6 Å². The zero-order valence-electron chi connectivity index (χ0n) is 12.0. The van der Waals surface area contributed by atoms with Crippen LogP contribution in [0.1, 0.15) is 29.3 Å². The van der Waals surface area contributed by atoms with Gasteiger partial charge in [0.15, 0.2) is 0 Å². The zero-order chi connectivity index (χ0) is 15.2. The number of hydrogen-bond donors (Lipinski definition) is 3. The smallest absolute Gasteiger partial charge is 0.251 e.